The summed E-state index contributed by atoms with van der Waals surface area (Å²) in [5, 5.41) is 6.47. The van der Waals surface area contributed by atoms with Crippen molar-refractivity contribution in [1.82, 2.24) is 14.3 Å². The summed E-state index contributed by atoms with van der Waals surface area (Å²) >= 11 is 3.24. The number of thiophene rings is 1. The van der Waals surface area contributed by atoms with Crippen LogP contribution in [0.15, 0.2) is 17.5 Å². The predicted molar refractivity (Wildman–Crippen MR) is 87.0 cm³/mol. The van der Waals surface area contributed by atoms with Crippen molar-refractivity contribution in [2.45, 2.75) is 25.5 Å². The van der Waals surface area contributed by atoms with Gasteiger partial charge in [-0.1, -0.05) is 6.07 Å². The lowest BCUT2D eigenvalue weighted by Gasteiger charge is -2.26. The van der Waals surface area contributed by atoms with Crippen LogP contribution in [0.5, 0.6) is 0 Å². The highest BCUT2D eigenvalue weighted by Crippen LogP contribution is 2.29. The molecule has 0 amide bonds. The van der Waals surface area contributed by atoms with Gasteiger partial charge in [0.25, 0.3) is 0 Å². The molecule has 2 aromatic rings. The molecular weight excluding hydrogens is 304 g/mol. The number of hydrogen-bond acceptors (Lipinski definition) is 7. The minimum atomic E-state index is 0.433. The molecule has 3 rings (SSSR count). The van der Waals surface area contributed by atoms with Crippen molar-refractivity contribution in [3.8, 4) is 0 Å². The molecule has 0 aliphatic carbocycles. The average Bonchev–Trinajstić information content (AvgIpc) is 3.22. The Morgan fingerprint density at radius 1 is 1.43 bits per heavy atom. The van der Waals surface area contributed by atoms with Crippen molar-refractivity contribution >= 4 is 28.0 Å². The van der Waals surface area contributed by atoms with E-state index < -0.39 is 0 Å². The van der Waals surface area contributed by atoms with Crippen molar-refractivity contribution in [2.75, 3.05) is 32.1 Å². The largest absolute Gasteiger partial charge is 0.377 e. The number of nitrogens with zero attached hydrogens (tertiary/aromatic N) is 3. The van der Waals surface area contributed by atoms with E-state index in [0.717, 1.165) is 17.5 Å². The number of methoxy groups -OCH3 is 1. The zero-order valence-electron chi connectivity index (χ0n) is 12.1. The van der Waals surface area contributed by atoms with E-state index in [1.807, 2.05) is 11.3 Å². The van der Waals surface area contributed by atoms with Crippen LogP contribution >= 0.6 is 22.9 Å². The minimum absolute atomic E-state index is 0.433. The molecule has 0 spiro atoms. The second-order valence-corrected chi connectivity index (χ2v) is 6.84. The van der Waals surface area contributed by atoms with Crippen LogP contribution in [0.2, 0.25) is 0 Å². The number of hydrogen-bond donors (Lipinski definition) is 1. The van der Waals surface area contributed by atoms with Gasteiger partial charge in [0.2, 0.25) is 5.13 Å². The molecule has 1 aliphatic rings. The van der Waals surface area contributed by atoms with Crippen molar-refractivity contribution in [3.63, 3.8) is 0 Å². The minimum Gasteiger partial charge on any atom is -0.377 e. The lowest BCUT2D eigenvalue weighted by molar-refractivity contribution is 0.179. The first-order valence-corrected chi connectivity index (χ1v) is 8.85. The average molecular weight is 324 g/mol. The van der Waals surface area contributed by atoms with Crippen LogP contribution in [-0.2, 0) is 11.3 Å². The summed E-state index contributed by atoms with van der Waals surface area (Å²) in [6.07, 6.45) is 2.61. The highest BCUT2D eigenvalue weighted by Gasteiger charge is 2.24. The highest BCUT2D eigenvalue weighted by molar-refractivity contribution is 7.10. The molecule has 21 heavy (non-hydrogen) atoms. The molecule has 1 saturated heterocycles. The summed E-state index contributed by atoms with van der Waals surface area (Å²) in [6, 6.07) is 4.79. The Labute approximate surface area is 133 Å². The second kappa shape index (κ2) is 7.31. The molecule has 1 N–H and O–H groups in total. The summed E-state index contributed by atoms with van der Waals surface area (Å²) in [4.78, 5) is 8.42. The Hall–Kier alpha value is -1.02. The molecule has 7 heteroatoms. The molecule has 0 saturated carbocycles. The third kappa shape index (κ3) is 3.79. The summed E-state index contributed by atoms with van der Waals surface area (Å²) in [5.74, 6) is 0.749. The van der Waals surface area contributed by atoms with E-state index in [0.29, 0.717) is 12.6 Å². The maximum Gasteiger partial charge on any atom is 0.202 e. The molecule has 3 heterocycles. The zero-order chi connectivity index (χ0) is 14.5. The molecule has 1 atom stereocenters. The molecule has 1 aliphatic heterocycles. The van der Waals surface area contributed by atoms with E-state index in [-0.39, 0.29) is 0 Å². The second-order valence-electron chi connectivity index (χ2n) is 5.10. The smallest absolute Gasteiger partial charge is 0.202 e. The van der Waals surface area contributed by atoms with Crippen LogP contribution in [0, 0.1) is 0 Å². The van der Waals surface area contributed by atoms with Crippen LogP contribution in [0.3, 0.4) is 0 Å². The van der Waals surface area contributed by atoms with E-state index >= 15 is 0 Å². The quantitative estimate of drug-likeness (QED) is 0.848. The van der Waals surface area contributed by atoms with E-state index in [4.69, 9.17) is 4.74 Å². The Morgan fingerprint density at radius 2 is 2.29 bits per heavy atom. The van der Waals surface area contributed by atoms with Crippen molar-refractivity contribution in [3.05, 3.63) is 28.2 Å². The summed E-state index contributed by atoms with van der Waals surface area (Å²) in [5.41, 5.74) is 0. The monoisotopic (exact) mass is 324 g/mol. The van der Waals surface area contributed by atoms with E-state index in [2.05, 4.69) is 37.1 Å². The number of anilines is 1. The number of rotatable bonds is 7. The number of aromatic nitrogens is 2. The van der Waals surface area contributed by atoms with E-state index in [1.54, 1.807) is 7.11 Å². The van der Waals surface area contributed by atoms with Crippen LogP contribution < -0.4 is 5.32 Å². The van der Waals surface area contributed by atoms with Gasteiger partial charge >= 0.3 is 0 Å². The van der Waals surface area contributed by atoms with Crippen molar-refractivity contribution < 1.29 is 4.74 Å². The van der Waals surface area contributed by atoms with Gasteiger partial charge in [-0.25, -0.2) is 4.98 Å². The summed E-state index contributed by atoms with van der Waals surface area (Å²) in [7, 11) is 1.66. The van der Waals surface area contributed by atoms with Gasteiger partial charge in [0.15, 0.2) is 5.82 Å². The third-order valence-electron chi connectivity index (χ3n) is 3.64. The Morgan fingerprint density at radius 3 is 3.00 bits per heavy atom. The third-order valence-corrected chi connectivity index (χ3v) is 5.33. The van der Waals surface area contributed by atoms with Gasteiger partial charge in [0, 0.05) is 30.1 Å². The van der Waals surface area contributed by atoms with E-state index in [9.17, 15) is 0 Å². The molecular formula is C14H20N4OS2. The number of ether oxygens (including phenoxy) is 1. The molecule has 2 aromatic heterocycles. The number of nitrogens with one attached hydrogen (secondary N) is 1. The Bertz CT molecular complexity index is 537. The maximum atomic E-state index is 5.05. The lowest BCUT2D eigenvalue weighted by atomic mass is 10.2. The topological polar surface area (TPSA) is 50.3 Å². The molecule has 1 unspecified atom stereocenters. The maximum absolute atomic E-state index is 5.05. The number of likely N-dealkylation sites (tertiary alicyclic amines) is 1. The fourth-order valence-corrected chi connectivity index (χ4v) is 4.08. The van der Waals surface area contributed by atoms with Gasteiger partial charge in [0.1, 0.15) is 6.61 Å². The summed E-state index contributed by atoms with van der Waals surface area (Å²) < 4.78 is 9.33. The molecule has 114 valence electrons. The zero-order valence-corrected chi connectivity index (χ0v) is 13.8. The first kappa shape index (κ1) is 14.9. The first-order chi connectivity index (χ1) is 10.4. The van der Waals surface area contributed by atoms with Crippen molar-refractivity contribution in [2.24, 2.45) is 0 Å². The van der Waals surface area contributed by atoms with Gasteiger partial charge < -0.3 is 10.1 Å². The van der Waals surface area contributed by atoms with Gasteiger partial charge in [0.05, 0.1) is 6.04 Å². The van der Waals surface area contributed by atoms with Crippen LogP contribution in [-0.4, -0.2) is 41.0 Å². The van der Waals surface area contributed by atoms with Crippen LogP contribution in [0.1, 0.15) is 29.6 Å². The van der Waals surface area contributed by atoms with Crippen LogP contribution in [0.25, 0.3) is 0 Å². The highest BCUT2D eigenvalue weighted by atomic mass is 32.1. The molecule has 0 radical (unpaired) electrons. The van der Waals surface area contributed by atoms with Crippen molar-refractivity contribution in [1.29, 1.82) is 0 Å². The lowest BCUT2D eigenvalue weighted by Crippen LogP contribution is -2.30. The Kier molecular flexibility index (Phi) is 5.18. The fraction of sp³-hybridized carbons (Fsp3) is 0.571. The van der Waals surface area contributed by atoms with Crippen LogP contribution in [0.4, 0.5) is 5.13 Å². The SMILES string of the molecule is COCc1nsc(NCC(c2cccs2)N2CCCC2)n1. The van der Waals surface area contributed by atoms with Gasteiger partial charge in [-0.3, -0.25) is 4.90 Å². The van der Waals surface area contributed by atoms with Gasteiger partial charge in [-0.2, -0.15) is 4.37 Å². The predicted octanol–water partition coefficient (Wildman–Crippen LogP) is 3.00. The van der Waals surface area contributed by atoms with Gasteiger partial charge in [-0.15, -0.1) is 11.3 Å². The standard InChI is InChI=1S/C14H20N4OS2/c1-19-10-13-16-14(21-17-13)15-9-11(12-5-4-8-20-12)18-6-2-3-7-18/h4-5,8,11H,2-3,6-7,9-10H2,1H3,(H,15,16,17). The van der Waals surface area contributed by atoms with Gasteiger partial charge in [-0.05, 0) is 37.4 Å². The molecule has 0 aromatic carbocycles. The first-order valence-electron chi connectivity index (χ1n) is 7.19. The molecule has 5 nitrogen and oxygen atoms in total. The molecule has 1 fully saturated rings. The fourth-order valence-electron chi connectivity index (χ4n) is 2.64. The Balaban J connectivity index is 1.63. The normalized spacial score (nSPS) is 17.2. The van der Waals surface area contributed by atoms with E-state index in [1.165, 1.54) is 42.3 Å². The molecule has 0 bridgehead atoms. The summed E-state index contributed by atoms with van der Waals surface area (Å²) in [6.45, 7) is 3.73.